The molecule has 1 aliphatic rings. The van der Waals surface area contributed by atoms with Crippen molar-refractivity contribution in [3.05, 3.63) is 29.8 Å². The number of hydrogen-bond acceptors (Lipinski definition) is 3. The predicted molar refractivity (Wildman–Crippen MR) is 60.2 cm³/mol. The predicted octanol–water partition coefficient (Wildman–Crippen LogP) is 1.10. The number of amidine groups is 1. The first-order valence-electron chi connectivity index (χ1n) is 4.84. The molecule has 0 saturated carbocycles. The summed E-state index contributed by atoms with van der Waals surface area (Å²) in [6, 6.07) is 8.31. The van der Waals surface area contributed by atoms with Gasteiger partial charge in [-0.05, 0) is 12.1 Å². The maximum Gasteiger partial charge on any atom is 0.130 e. The maximum absolute atomic E-state index is 4.43. The van der Waals surface area contributed by atoms with Crippen molar-refractivity contribution in [3.63, 3.8) is 0 Å². The third-order valence-corrected chi connectivity index (χ3v) is 2.32. The Labute approximate surface area is 84.5 Å². The van der Waals surface area contributed by atoms with E-state index < -0.39 is 0 Å². The first-order valence-corrected chi connectivity index (χ1v) is 4.84. The molecular formula is C11H15N3. The first-order chi connectivity index (χ1) is 6.79. The minimum atomic E-state index is 0.886. The lowest BCUT2D eigenvalue weighted by molar-refractivity contribution is 0.959. The highest BCUT2D eigenvalue weighted by molar-refractivity contribution is 6.04. The molecule has 3 nitrogen and oxygen atoms in total. The maximum atomic E-state index is 4.43. The van der Waals surface area contributed by atoms with E-state index in [9.17, 15) is 0 Å². The summed E-state index contributed by atoms with van der Waals surface area (Å²) in [7, 11) is 4.10. The molecule has 2 rings (SSSR count). The third-order valence-electron chi connectivity index (χ3n) is 2.32. The third kappa shape index (κ3) is 1.58. The zero-order valence-corrected chi connectivity index (χ0v) is 8.62. The van der Waals surface area contributed by atoms with Gasteiger partial charge < -0.3 is 10.2 Å². The van der Waals surface area contributed by atoms with E-state index in [2.05, 4.69) is 27.3 Å². The van der Waals surface area contributed by atoms with Gasteiger partial charge in [-0.3, -0.25) is 4.99 Å². The lowest BCUT2D eigenvalue weighted by atomic mass is 10.1. The van der Waals surface area contributed by atoms with Crippen molar-refractivity contribution in [2.24, 2.45) is 4.99 Å². The quantitative estimate of drug-likeness (QED) is 0.754. The van der Waals surface area contributed by atoms with Crippen molar-refractivity contribution >= 4 is 11.5 Å². The van der Waals surface area contributed by atoms with Crippen LogP contribution < -0.4 is 10.2 Å². The van der Waals surface area contributed by atoms with Crippen LogP contribution in [0.1, 0.15) is 5.56 Å². The fraction of sp³-hybridized carbons (Fsp3) is 0.364. The Morgan fingerprint density at radius 3 is 2.71 bits per heavy atom. The Balaban J connectivity index is 2.41. The van der Waals surface area contributed by atoms with Crippen molar-refractivity contribution in [1.29, 1.82) is 0 Å². The van der Waals surface area contributed by atoms with Gasteiger partial charge in [-0.1, -0.05) is 12.1 Å². The lowest BCUT2D eigenvalue weighted by Crippen LogP contribution is -2.22. The molecule has 1 heterocycles. The van der Waals surface area contributed by atoms with Gasteiger partial charge in [0.1, 0.15) is 5.84 Å². The summed E-state index contributed by atoms with van der Waals surface area (Å²) in [6.07, 6.45) is 0. The van der Waals surface area contributed by atoms with E-state index in [-0.39, 0.29) is 0 Å². The van der Waals surface area contributed by atoms with E-state index in [0.717, 1.165) is 18.9 Å². The second kappa shape index (κ2) is 3.70. The van der Waals surface area contributed by atoms with Crippen LogP contribution in [0.25, 0.3) is 0 Å². The van der Waals surface area contributed by atoms with Gasteiger partial charge in [-0.2, -0.15) is 0 Å². The van der Waals surface area contributed by atoms with E-state index in [0.29, 0.717) is 0 Å². The molecule has 1 aromatic rings. The average molecular weight is 189 g/mol. The summed E-state index contributed by atoms with van der Waals surface area (Å²) >= 11 is 0. The van der Waals surface area contributed by atoms with Crippen molar-refractivity contribution in [2.45, 2.75) is 0 Å². The van der Waals surface area contributed by atoms with E-state index in [1.807, 2.05) is 26.2 Å². The molecule has 1 aromatic carbocycles. The summed E-state index contributed by atoms with van der Waals surface area (Å²) in [4.78, 5) is 6.54. The van der Waals surface area contributed by atoms with Gasteiger partial charge in [0, 0.05) is 31.9 Å². The summed E-state index contributed by atoms with van der Waals surface area (Å²) < 4.78 is 0. The van der Waals surface area contributed by atoms with E-state index >= 15 is 0 Å². The molecule has 0 bridgehead atoms. The highest BCUT2D eigenvalue weighted by Gasteiger charge is 2.12. The molecule has 0 unspecified atom stereocenters. The molecule has 0 amide bonds. The first kappa shape index (κ1) is 9.06. The molecule has 1 N–H and O–H groups in total. The topological polar surface area (TPSA) is 27.6 Å². The van der Waals surface area contributed by atoms with Gasteiger partial charge in [-0.15, -0.1) is 0 Å². The van der Waals surface area contributed by atoms with E-state index in [4.69, 9.17) is 0 Å². The molecule has 0 aromatic heterocycles. The van der Waals surface area contributed by atoms with Gasteiger partial charge in [0.15, 0.2) is 0 Å². The number of para-hydroxylation sites is 1. The Hall–Kier alpha value is -1.51. The number of hydrogen-bond donors (Lipinski definition) is 1. The Bertz CT molecular complexity index is 355. The van der Waals surface area contributed by atoms with Crippen LogP contribution in [0.5, 0.6) is 0 Å². The molecule has 0 saturated heterocycles. The van der Waals surface area contributed by atoms with Gasteiger partial charge in [0.25, 0.3) is 0 Å². The minimum absolute atomic E-state index is 0.886. The van der Waals surface area contributed by atoms with E-state index in [1.165, 1.54) is 11.3 Å². The number of rotatable bonds is 2. The van der Waals surface area contributed by atoms with Crippen molar-refractivity contribution < 1.29 is 0 Å². The molecule has 74 valence electrons. The number of benzene rings is 1. The minimum Gasteiger partial charge on any atom is -0.377 e. The van der Waals surface area contributed by atoms with Crippen molar-refractivity contribution in [2.75, 3.05) is 32.1 Å². The van der Waals surface area contributed by atoms with Crippen LogP contribution in [0.2, 0.25) is 0 Å². The average Bonchev–Trinajstić information content (AvgIpc) is 2.70. The molecule has 3 heteroatoms. The summed E-state index contributed by atoms with van der Waals surface area (Å²) in [5.74, 6) is 1.02. The van der Waals surface area contributed by atoms with Crippen LogP contribution >= 0.6 is 0 Å². The SMILES string of the molecule is CN(C)c1ccccc1C1=NCCN1. The van der Waals surface area contributed by atoms with Crippen molar-refractivity contribution in [1.82, 2.24) is 5.32 Å². The molecule has 0 radical (unpaired) electrons. The summed E-state index contributed by atoms with van der Waals surface area (Å²) in [6.45, 7) is 1.84. The highest BCUT2D eigenvalue weighted by Crippen LogP contribution is 2.18. The number of nitrogens with zero attached hydrogens (tertiary/aromatic N) is 2. The van der Waals surface area contributed by atoms with Gasteiger partial charge in [-0.25, -0.2) is 0 Å². The van der Waals surface area contributed by atoms with Crippen LogP contribution in [0.3, 0.4) is 0 Å². The fourth-order valence-electron chi connectivity index (χ4n) is 1.64. The molecular weight excluding hydrogens is 174 g/mol. The van der Waals surface area contributed by atoms with Crippen LogP contribution in [0.15, 0.2) is 29.3 Å². The second-order valence-corrected chi connectivity index (χ2v) is 3.57. The fourth-order valence-corrected chi connectivity index (χ4v) is 1.64. The molecule has 0 fully saturated rings. The number of nitrogens with one attached hydrogen (secondary N) is 1. The van der Waals surface area contributed by atoms with E-state index in [1.54, 1.807) is 0 Å². The standard InChI is InChI=1S/C11H15N3/c1-14(2)10-6-4-3-5-9(10)11-12-7-8-13-11/h3-6H,7-8H2,1-2H3,(H,12,13). The monoisotopic (exact) mass is 189 g/mol. The smallest absolute Gasteiger partial charge is 0.130 e. The molecule has 0 spiro atoms. The molecule has 1 aliphatic heterocycles. The van der Waals surface area contributed by atoms with Crippen LogP contribution in [0.4, 0.5) is 5.69 Å². The van der Waals surface area contributed by atoms with Crippen LogP contribution in [-0.2, 0) is 0 Å². The van der Waals surface area contributed by atoms with Crippen LogP contribution in [-0.4, -0.2) is 33.0 Å². The molecule has 14 heavy (non-hydrogen) atoms. The van der Waals surface area contributed by atoms with Gasteiger partial charge >= 0.3 is 0 Å². The Morgan fingerprint density at radius 1 is 1.29 bits per heavy atom. The van der Waals surface area contributed by atoms with Crippen molar-refractivity contribution in [3.8, 4) is 0 Å². The largest absolute Gasteiger partial charge is 0.377 e. The van der Waals surface area contributed by atoms with Gasteiger partial charge in [0.2, 0.25) is 0 Å². The normalized spacial score (nSPS) is 14.9. The summed E-state index contributed by atoms with van der Waals surface area (Å²) in [5, 5.41) is 3.29. The second-order valence-electron chi connectivity index (χ2n) is 3.57. The Morgan fingerprint density at radius 2 is 2.07 bits per heavy atom. The zero-order chi connectivity index (χ0) is 9.97. The lowest BCUT2D eigenvalue weighted by Gasteiger charge is -2.17. The number of anilines is 1. The summed E-state index contributed by atoms with van der Waals surface area (Å²) in [5.41, 5.74) is 2.40. The molecule has 0 aliphatic carbocycles. The van der Waals surface area contributed by atoms with Crippen LogP contribution in [0, 0.1) is 0 Å². The zero-order valence-electron chi connectivity index (χ0n) is 8.62. The Kier molecular flexibility index (Phi) is 2.39. The van der Waals surface area contributed by atoms with Gasteiger partial charge in [0.05, 0.1) is 6.54 Å². The molecule has 0 atom stereocenters. The number of aliphatic imine (C=N–C) groups is 1. The highest BCUT2D eigenvalue weighted by atomic mass is 15.1.